The predicted octanol–water partition coefficient (Wildman–Crippen LogP) is 2.15. The van der Waals surface area contributed by atoms with E-state index in [1.54, 1.807) is 0 Å². The van der Waals surface area contributed by atoms with Crippen molar-refractivity contribution in [2.24, 2.45) is 0 Å². The number of aryl methyl sites for hydroxylation is 1. The summed E-state index contributed by atoms with van der Waals surface area (Å²) in [5.41, 5.74) is 0. The molecular weight excluding hydrogens is 204 g/mol. The molecule has 1 aliphatic carbocycles. The van der Waals surface area contributed by atoms with E-state index in [1.807, 2.05) is 11.3 Å². The van der Waals surface area contributed by atoms with Crippen molar-refractivity contribution >= 4 is 11.3 Å². The molecule has 2 N–H and O–H groups in total. The van der Waals surface area contributed by atoms with Crippen LogP contribution in [0.15, 0.2) is 12.1 Å². The molecule has 0 amide bonds. The van der Waals surface area contributed by atoms with Gasteiger partial charge in [0.05, 0.1) is 0 Å². The minimum atomic E-state index is 0.834. The Hall–Kier alpha value is -0.380. The zero-order valence-corrected chi connectivity index (χ0v) is 10.2. The van der Waals surface area contributed by atoms with E-state index in [4.69, 9.17) is 0 Å². The summed E-state index contributed by atoms with van der Waals surface area (Å²) in [5.74, 6) is 0. The Balaban J connectivity index is 1.56. The maximum atomic E-state index is 3.50. The van der Waals surface area contributed by atoms with Crippen LogP contribution in [0.3, 0.4) is 0 Å². The lowest BCUT2D eigenvalue weighted by Gasteiger charge is -2.03. The van der Waals surface area contributed by atoms with Crippen molar-refractivity contribution in [2.45, 2.75) is 38.8 Å². The molecule has 1 heterocycles. The highest BCUT2D eigenvalue weighted by molar-refractivity contribution is 7.11. The van der Waals surface area contributed by atoms with Gasteiger partial charge in [0.25, 0.3) is 0 Å². The molecule has 15 heavy (non-hydrogen) atoms. The van der Waals surface area contributed by atoms with Crippen LogP contribution >= 0.6 is 11.3 Å². The molecule has 0 atom stereocenters. The van der Waals surface area contributed by atoms with Gasteiger partial charge in [0, 0.05) is 35.4 Å². The van der Waals surface area contributed by atoms with E-state index >= 15 is 0 Å². The average molecular weight is 224 g/mol. The van der Waals surface area contributed by atoms with Crippen molar-refractivity contribution in [1.29, 1.82) is 0 Å². The van der Waals surface area contributed by atoms with Crippen molar-refractivity contribution in [1.82, 2.24) is 10.6 Å². The van der Waals surface area contributed by atoms with Gasteiger partial charge in [0.2, 0.25) is 0 Å². The topological polar surface area (TPSA) is 24.1 Å². The van der Waals surface area contributed by atoms with Crippen molar-refractivity contribution in [3.63, 3.8) is 0 Å². The molecule has 1 aromatic rings. The fraction of sp³-hybridized carbons (Fsp3) is 0.667. The Morgan fingerprint density at radius 2 is 2.07 bits per heavy atom. The van der Waals surface area contributed by atoms with Crippen LogP contribution in [0.2, 0.25) is 0 Å². The van der Waals surface area contributed by atoms with Crippen LogP contribution in [0, 0.1) is 0 Å². The summed E-state index contributed by atoms with van der Waals surface area (Å²) in [6.45, 7) is 5.42. The van der Waals surface area contributed by atoms with Crippen LogP contribution in [0.25, 0.3) is 0 Å². The van der Waals surface area contributed by atoms with Gasteiger partial charge in [-0.25, -0.2) is 0 Å². The largest absolute Gasteiger partial charge is 0.313 e. The lowest BCUT2D eigenvalue weighted by atomic mass is 10.3. The predicted molar refractivity (Wildman–Crippen MR) is 66.4 cm³/mol. The average Bonchev–Trinajstić information content (AvgIpc) is 2.96. The van der Waals surface area contributed by atoms with Gasteiger partial charge in [0.15, 0.2) is 0 Å². The first-order chi connectivity index (χ1) is 7.38. The first-order valence-corrected chi connectivity index (χ1v) is 6.72. The number of rotatable bonds is 7. The van der Waals surface area contributed by atoms with Crippen LogP contribution < -0.4 is 10.6 Å². The summed E-state index contributed by atoms with van der Waals surface area (Å²) >= 11 is 1.93. The summed E-state index contributed by atoms with van der Waals surface area (Å²) in [6, 6.07) is 5.31. The Kier molecular flexibility index (Phi) is 4.18. The van der Waals surface area contributed by atoms with Crippen LogP contribution in [0.1, 0.15) is 29.5 Å². The van der Waals surface area contributed by atoms with Gasteiger partial charge in [-0.05, 0) is 31.4 Å². The number of thiophene rings is 1. The van der Waals surface area contributed by atoms with Crippen LogP contribution in [-0.2, 0) is 13.0 Å². The molecule has 0 saturated heterocycles. The Morgan fingerprint density at radius 1 is 1.27 bits per heavy atom. The molecule has 0 radical (unpaired) electrons. The van der Waals surface area contributed by atoms with E-state index in [-0.39, 0.29) is 0 Å². The smallest absolute Gasteiger partial charge is 0.0300 e. The van der Waals surface area contributed by atoms with Crippen LogP contribution in [0.5, 0.6) is 0 Å². The standard InChI is InChI=1S/C12H20N2S/c1-2-11-5-6-12(15-11)9-13-7-8-14-10-3-4-10/h5-6,10,13-14H,2-4,7-9H2,1H3. The highest BCUT2D eigenvalue weighted by Crippen LogP contribution is 2.18. The first kappa shape index (κ1) is 11.1. The molecule has 0 aliphatic heterocycles. The molecule has 0 spiro atoms. The second-order valence-corrected chi connectivity index (χ2v) is 5.38. The zero-order chi connectivity index (χ0) is 10.5. The summed E-state index contributed by atoms with van der Waals surface area (Å²) in [5, 5.41) is 6.97. The van der Waals surface area contributed by atoms with Crippen LogP contribution in [-0.4, -0.2) is 19.1 Å². The molecule has 0 aromatic carbocycles. The lowest BCUT2D eigenvalue weighted by Crippen LogP contribution is -2.28. The maximum absolute atomic E-state index is 3.50. The van der Waals surface area contributed by atoms with E-state index in [9.17, 15) is 0 Å². The van der Waals surface area contributed by atoms with Crippen LogP contribution in [0.4, 0.5) is 0 Å². The molecule has 1 aromatic heterocycles. The fourth-order valence-corrected chi connectivity index (χ4v) is 2.50. The van der Waals surface area contributed by atoms with E-state index in [0.717, 1.165) is 32.1 Å². The van der Waals surface area contributed by atoms with Gasteiger partial charge in [-0.3, -0.25) is 0 Å². The van der Waals surface area contributed by atoms with Gasteiger partial charge in [-0.2, -0.15) is 0 Å². The Labute approximate surface area is 96.1 Å². The van der Waals surface area contributed by atoms with Crippen molar-refractivity contribution in [2.75, 3.05) is 13.1 Å². The van der Waals surface area contributed by atoms with Gasteiger partial charge in [-0.15, -0.1) is 11.3 Å². The van der Waals surface area contributed by atoms with Gasteiger partial charge in [-0.1, -0.05) is 6.92 Å². The second-order valence-electron chi connectivity index (χ2n) is 4.13. The van der Waals surface area contributed by atoms with E-state index in [1.165, 1.54) is 22.6 Å². The molecule has 3 heteroatoms. The van der Waals surface area contributed by atoms with Gasteiger partial charge >= 0.3 is 0 Å². The molecule has 1 fully saturated rings. The van der Waals surface area contributed by atoms with Crippen molar-refractivity contribution in [3.8, 4) is 0 Å². The number of hydrogen-bond acceptors (Lipinski definition) is 3. The van der Waals surface area contributed by atoms with E-state index < -0.39 is 0 Å². The summed E-state index contributed by atoms with van der Waals surface area (Å²) in [7, 11) is 0. The summed E-state index contributed by atoms with van der Waals surface area (Å²) in [6.07, 6.45) is 3.92. The molecule has 1 saturated carbocycles. The normalized spacial score (nSPS) is 15.8. The number of nitrogens with one attached hydrogen (secondary N) is 2. The van der Waals surface area contributed by atoms with E-state index in [0.29, 0.717) is 0 Å². The minimum absolute atomic E-state index is 0.834. The first-order valence-electron chi connectivity index (χ1n) is 5.90. The maximum Gasteiger partial charge on any atom is 0.0300 e. The number of hydrogen-bond donors (Lipinski definition) is 2. The molecule has 2 nitrogen and oxygen atoms in total. The SMILES string of the molecule is CCc1ccc(CNCCNC2CC2)s1. The third kappa shape index (κ3) is 3.93. The lowest BCUT2D eigenvalue weighted by molar-refractivity contribution is 0.611. The summed E-state index contributed by atoms with van der Waals surface area (Å²) in [4.78, 5) is 2.95. The quantitative estimate of drug-likeness (QED) is 0.694. The van der Waals surface area contributed by atoms with Crippen molar-refractivity contribution in [3.05, 3.63) is 21.9 Å². The molecule has 0 bridgehead atoms. The monoisotopic (exact) mass is 224 g/mol. The molecule has 2 rings (SSSR count). The summed E-state index contributed by atoms with van der Waals surface area (Å²) < 4.78 is 0. The molecule has 1 aliphatic rings. The van der Waals surface area contributed by atoms with E-state index in [2.05, 4.69) is 29.7 Å². The Morgan fingerprint density at radius 3 is 2.73 bits per heavy atom. The second kappa shape index (κ2) is 5.64. The van der Waals surface area contributed by atoms with Gasteiger partial charge in [0.1, 0.15) is 0 Å². The van der Waals surface area contributed by atoms with Gasteiger partial charge < -0.3 is 10.6 Å². The zero-order valence-electron chi connectivity index (χ0n) is 9.38. The van der Waals surface area contributed by atoms with Crippen molar-refractivity contribution < 1.29 is 0 Å². The minimum Gasteiger partial charge on any atom is -0.313 e. The Bertz CT molecular complexity index is 292. The molecular formula is C12H20N2S. The fourth-order valence-electron chi connectivity index (χ4n) is 1.57. The third-order valence-corrected chi connectivity index (χ3v) is 3.91. The highest BCUT2D eigenvalue weighted by atomic mass is 32.1. The molecule has 84 valence electrons. The third-order valence-electron chi connectivity index (χ3n) is 2.68. The highest BCUT2D eigenvalue weighted by Gasteiger charge is 2.19. The molecule has 0 unspecified atom stereocenters.